The van der Waals surface area contributed by atoms with E-state index in [0.717, 1.165) is 24.6 Å². The molecule has 4 heteroatoms. The summed E-state index contributed by atoms with van der Waals surface area (Å²) in [4.78, 5) is 5.13. The molecule has 0 aromatic heterocycles. The van der Waals surface area contributed by atoms with Crippen LogP contribution in [0.4, 0.5) is 11.4 Å². The molecule has 1 saturated heterocycles. The van der Waals surface area contributed by atoms with Crippen LogP contribution in [-0.4, -0.2) is 31.1 Å². The molecule has 0 saturated carbocycles. The largest absolute Gasteiger partial charge is 0.457 e. The van der Waals surface area contributed by atoms with Gasteiger partial charge in [0, 0.05) is 13.1 Å². The Morgan fingerprint density at radius 1 is 0.824 bits per heavy atom. The first-order chi connectivity index (χ1) is 16.5. The van der Waals surface area contributed by atoms with Gasteiger partial charge in [-0.1, -0.05) is 63.6 Å². The van der Waals surface area contributed by atoms with E-state index in [2.05, 4.69) is 103 Å². The number of anilines is 2. The summed E-state index contributed by atoms with van der Waals surface area (Å²) in [5.74, 6) is 1.74. The van der Waals surface area contributed by atoms with Gasteiger partial charge in [-0.25, -0.2) is 0 Å². The summed E-state index contributed by atoms with van der Waals surface area (Å²) in [5.41, 5.74) is 5.16. The molecule has 3 aromatic rings. The zero-order valence-electron chi connectivity index (χ0n) is 20.8. The number of nitrogens with zero attached hydrogens (tertiary/aromatic N) is 2. The maximum Gasteiger partial charge on any atom is 0.127 e. The van der Waals surface area contributed by atoms with Crippen LogP contribution in [0, 0.1) is 0 Å². The Morgan fingerprint density at radius 2 is 1.59 bits per heavy atom. The molecule has 0 radical (unpaired) electrons. The molecule has 0 bridgehead atoms. The number of fused-ring (bicyclic) bond motifs is 1. The molecular formula is C30H37N3O. The summed E-state index contributed by atoms with van der Waals surface area (Å²) < 4.78 is 6.26. The average Bonchev–Trinajstić information content (AvgIpc) is 3.22. The van der Waals surface area contributed by atoms with Crippen molar-refractivity contribution in [3.63, 3.8) is 0 Å². The number of benzene rings is 3. The van der Waals surface area contributed by atoms with E-state index in [4.69, 9.17) is 4.74 Å². The molecule has 1 fully saturated rings. The van der Waals surface area contributed by atoms with Crippen LogP contribution in [0.5, 0.6) is 11.5 Å². The third-order valence-corrected chi connectivity index (χ3v) is 7.05. The monoisotopic (exact) mass is 455 g/mol. The SMILES string of the molecule is CC(C)(C)c1ccc(Oc2cccc(C3Nc4ccccc4N3CCN3CCCCC3)c2)cc1. The number of nitrogens with one attached hydrogen (secondary N) is 1. The van der Waals surface area contributed by atoms with Gasteiger partial charge in [-0.2, -0.15) is 0 Å². The Labute approximate surface area is 204 Å². The Morgan fingerprint density at radius 3 is 2.35 bits per heavy atom. The smallest absolute Gasteiger partial charge is 0.127 e. The topological polar surface area (TPSA) is 27.7 Å². The van der Waals surface area contributed by atoms with Gasteiger partial charge in [0.15, 0.2) is 0 Å². The van der Waals surface area contributed by atoms with Crippen molar-refractivity contribution in [1.29, 1.82) is 0 Å². The molecule has 2 aliphatic rings. The molecular weight excluding hydrogens is 418 g/mol. The number of hydrogen-bond donors (Lipinski definition) is 1. The molecule has 34 heavy (non-hydrogen) atoms. The summed E-state index contributed by atoms with van der Waals surface area (Å²) in [7, 11) is 0. The minimum atomic E-state index is 0.106. The Kier molecular flexibility index (Phi) is 6.51. The van der Waals surface area contributed by atoms with Crippen molar-refractivity contribution in [3.8, 4) is 11.5 Å². The van der Waals surface area contributed by atoms with Crippen LogP contribution < -0.4 is 15.0 Å². The highest BCUT2D eigenvalue weighted by Gasteiger charge is 2.30. The van der Waals surface area contributed by atoms with Gasteiger partial charge < -0.3 is 19.9 Å². The van der Waals surface area contributed by atoms with Crippen molar-refractivity contribution >= 4 is 11.4 Å². The van der Waals surface area contributed by atoms with Gasteiger partial charge in [0.2, 0.25) is 0 Å². The number of ether oxygens (including phenoxy) is 1. The van der Waals surface area contributed by atoms with Crippen molar-refractivity contribution in [2.24, 2.45) is 0 Å². The first-order valence-corrected chi connectivity index (χ1v) is 12.7. The second-order valence-corrected chi connectivity index (χ2v) is 10.6. The Hall–Kier alpha value is -2.98. The van der Waals surface area contributed by atoms with Gasteiger partial charge in [-0.3, -0.25) is 0 Å². The van der Waals surface area contributed by atoms with Crippen molar-refractivity contribution < 1.29 is 4.74 Å². The highest BCUT2D eigenvalue weighted by atomic mass is 16.5. The van der Waals surface area contributed by atoms with Crippen LogP contribution in [0.1, 0.15) is 57.3 Å². The van der Waals surface area contributed by atoms with E-state index in [1.165, 1.54) is 54.9 Å². The number of piperidine rings is 1. The van der Waals surface area contributed by atoms with Gasteiger partial charge in [0.1, 0.15) is 17.7 Å². The summed E-state index contributed by atoms with van der Waals surface area (Å²) in [6, 6.07) is 25.6. The van der Waals surface area contributed by atoms with E-state index in [9.17, 15) is 0 Å². The summed E-state index contributed by atoms with van der Waals surface area (Å²) in [6.07, 6.45) is 4.14. The molecule has 1 unspecified atom stereocenters. The second kappa shape index (κ2) is 9.71. The first kappa shape index (κ1) is 22.8. The highest BCUT2D eigenvalue weighted by Crippen LogP contribution is 2.41. The maximum absolute atomic E-state index is 6.26. The van der Waals surface area contributed by atoms with Crippen LogP contribution in [0.15, 0.2) is 72.8 Å². The molecule has 2 heterocycles. The third-order valence-electron chi connectivity index (χ3n) is 7.05. The lowest BCUT2D eigenvalue weighted by molar-refractivity contribution is 0.232. The van der Waals surface area contributed by atoms with Crippen LogP contribution in [0.3, 0.4) is 0 Å². The molecule has 0 spiro atoms. The fourth-order valence-corrected chi connectivity index (χ4v) is 5.06. The van der Waals surface area contributed by atoms with Crippen LogP contribution in [-0.2, 0) is 5.41 Å². The predicted octanol–water partition coefficient (Wildman–Crippen LogP) is 7.19. The summed E-state index contributed by atoms with van der Waals surface area (Å²) in [6.45, 7) is 11.3. The quantitative estimate of drug-likeness (QED) is 0.426. The van der Waals surface area contributed by atoms with Crippen LogP contribution in [0.2, 0.25) is 0 Å². The molecule has 0 aliphatic carbocycles. The average molecular weight is 456 g/mol. The number of likely N-dealkylation sites (tertiary alicyclic amines) is 1. The van der Waals surface area contributed by atoms with Crippen LogP contribution in [0.25, 0.3) is 0 Å². The van der Waals surface area contributed by atoms with E-state index >= 15 is 0 Å². The third kappa shape index (κ3) is 5.07. The highest BCUT2D eigenvalue weighted by molar-refractivity contribution is 5.76. The van der Waals surface area contributed by atoms with Crippen molar-refractivity contribution in [2.45, 2.75) is 51.6 Å². The Bertz CT molecular complexity index is 1100. The van der Waals surface area contributed by atoms with Gasteiger partial charge in [-0.15, -0.1) is 0 Å². The summed E-state index contributed by atoms with van der Waals surface area (Å²) in [5, 5.41) is 3.76. The first-order valence-electron chi connectivity index (χ1n) is 12.7. The second-order valence-electron chi connectivity index (χ2n) is 10.6. The minimum absolute atomic E-state index is 0.106. The maximum atomic E-state index is 6.26. The predicted molar refractivity (Wildman–Crippen MR) is 142 cm³/mol. The number of hydrogen-bond acceptors (Lipinski definition) is 4. The molecule has 1 atom stereocenters. The van der Waals surface area contributed by atoms with E-state index in [1.54, 1.807) is 0 Å². The lowest BCUT2D eigenvalue weighted by Crippen LogP contribution is -2.39. The fraction of sp³-hybridized carbons (Fsp3) is 0.400. The molecule has 178 valence electrons. The van der Waals surface area contributed by atoms with Gasteiger partial charge in [0.25, 0.3) is 0 Å². The lowest BCUT2D eigenvalue weighted by atomic mass is 9.87. The zero-order chi connectivity index (χ0) is 23.5. The van der Waals surface area contributed by atoms with Crippen LogP contribution >= 0.6 is 0 Å². The molecule has 1 N–H and O–H groups in total. The standard InChI is InChI=1S/C30H37N3O/c1-30(2,3)24-14-16-25(17-15-24)34-26-11-9-10-23(22-26)29-31-27-12-5-6-13-28(27)33(29)21-20-32-18-7-4-8-19-32/h5-6,9-17,22,29,31H,4,7-8,18-21H2,1-3H3. The molecule has 2 aliphatic heterocycles. The van der Waals surface area contributed by atoms with E-state index in [-0.39, 0.29) is 11.6 Å². The van der Waals surface area contributed by atoms with Gasteiger partial charge >= 0.3 is 0 Å². The lowest BCUT2D eigenvalue weighted by Gasteiger charge is -2.32. The van der Waals surface area contributed by atoms with E-state index in [0.29, 0.717) is 0 Å². The van der Waals surface area contributed by atoms with E-state index in [1.807, 2.05) is 6.07 Å². The molecule has 3 aromatic carbocycles. The molecule has 4 nitrogen and oxygen atoms in total. The van der Waals surface area contributed by atoms with E-state index < -0.39 is 0 Å². The fourth-order valence-electron chi connectivity index (χ4n) is 5.06. The molecule has 5 rings (SSSR count). The zero-order valence-corrected chi connectivity index (χ0v) is 20.8. The van der Waals surface area contributed by atoms with Gasteiger partial charge in [0.05, 0.1) is 11.4 Å². The van der Waals surface area contributed by atoms with Crippen molar-refractivity contribution in [3.05, 3.63) is 83.9 Å². The Balaban J connectivity index is 1.34. The molecule has 0 amide bonds. The minimum Gasteiger partial charge on any atom is -0.457 e. The van der Waals surface area contributed by atoms with Crippen molar-refractivity contribution in [2.75, 3.05) is 36.4 Å². The number of rotatable bonds is 6. The number of para-hydroxylation sites is 2. The van der Waals surface area contributed by atoms with Crippen molar-refractivity contribution in [1.82, 2.24) is 4.90 Å². The normalized spacial score (nSPS) is 18.4. The summed E-state index contributed by atoms with van der Waals surface area (Å²) >= 11 is 0. The van der Waals surface area contributed by atoms with Gasteiger partial charge in [-0.05, 0) is 78.9 Å².